The predicted molar refractivity (Wildman–Crippen MR) is 114 cm³/mol. The number of likely N-dealkylation sites (tertiary alicyclic amines) is 1. The molecule has 3 fully saturated rings. The smallest absolute Gasteiger partial charge is 0.194 e. The summed E-state index contributed by atoms with van der Waals surface area (Å²) >= 11 is 0. The van der Waals surface area contributed by atoms with Crippen molar-refractivity contribution >= 4 is 39.8 Å². The van der Waals surface area contributed by atoms with Crippen LogP contribution >= 0.6 is 24.0 Å². The number of nitrogens with one attached hydrogen (secondary N) is 1. The zero-order chi connectivity index (χ0) is 17.0. The van der Waals surface area contributed by atoms with Crippen molar-refractivity contribution in [1.29, 1.82) is 0 Å². The van der Waals surface area contributed by atoms with Gasteiger partial charge in [0.15, 0.2) is 15.8 Å². The van der Waals surface area contributed by atoms with Gasteiger partial charge >= 0.3 is 0 Å². The second-order valence-corrected chi connectivity index (χ2v) is 10.1. The second-order valence-electron chi connectivity index (χ2n) is 7.84. The van der Waals surface area contributed by atoms with Crippen LogP contribution in [0.15, 0.2) is 17.6 Å². The number of nitrogens with zero attached hydrogens (tertiary/aromatic N) is 2. The molecule has 5 nitrogen and oxygen atoms in total. The highest BCUT2D eigenvalue weighted by Crippen LogP contribution is 2.43. The first kappa shape index (κ1) is 21.0. The molecule has 25 heavy (non-hydrogen) atoms. The van der Waals surface area contributed by atoms with Crippen molar-refractivity contribution in [3.8, 4) is 0 Å². The minimum Gasteiger partial charge on any atom is -0.353 e. The Morgan fingerprint density at radius 1 is 1.28 bits per heavy atom. The van der Waals surface area contributed by atoms with Gasteiger partial charge in [0.05, 0.1) is 11.5 Å². The number of halogens is 1. The molecule has 0 aromatic rings. The molecule has 2 aliphatic heterocycles. The van der Waals surface area contributed by atoms with Gasteiger partial charge in [0.1, 0.15) is 0 Å². The SMILES string of the molecule is C=CCNC(=NCC1CCS(=O)(=O)C1)N1CCC2(CCCCC2)C1.I. The second kappa shape index (κ2) is 9.06. The summed E-state index contributed by atoms with van der Waals surface area (Å²) in [5, 5.41) is 3.39. The van der Waals surface area contributed by atoms with E-state index in [1.807, 2.05) is 6.08 Å². The molecule has 0 amide bonds. The lowest BCUT2D eigenvalue weighted by Gasteiger charge is -2.33. The summed E-state index contributed by atoms with van der Waals surface area (Å²) in [5.74, 6) is 1.76. The van der Waals surface area contributed by atoms with Crippen molar-refractivity contribution in [1.82, 2.24) is 10.2 Å². The van der Waals surface area contributed by atoms with Crippen LogP contribution in [-0.2, 0) is 9.84 Å². The quantitative estimate of drug-likeness (QED) is 0.291. The number of rotatable bonds is 4. The molecular weight excluding hydrogens is 449 g/mol. The molecule has 1 N–H and O–H groups in total. The van der Waals surface area contributed by atoms with Gasteiger partial charge in [0.25, 0.3) is 0 Å². The van der Waals surface area contributed by atoms with Crippen LogP contribution in [0.5, 0.6) is 0 Å². The zero-order valence-corrected chi connectivity index (χ0v) is 18.2. The molecule has 3 aliphatic rings. The Balaban J connectivity index is 0.00000225. The topological polar surface area (TPSA) is 61.8 Å². The number of sulfone groups is 1. The summed E-state index contributed by atoms with van der Waals surface area (Å²) < 4.78 is 23.3. The van der Waals surface area contributed by atoms with Crippen LogP contribution in [-0.4, -0.2) is 57.0 Å². The molecule has 1 spiro atoms. The first-order valence-electron chi connectivity index (χ1n) is 9.37. The minimum absolute atomic E-state index is 0. The first-order valence-corrected chi connectivity index (χ1v) is 11.2. The van der Waals surface area contributed by atoms with Crippen molar-refractivity contribution in [2.75, 3.05) is 37.7 Å². The van der Waals surface area contributed by atoms with Gasteiger partial charge in [-0.05, 0) is 37.0 Å². The highest BCUT2D eigenvalue weighted by atomic mass is 127. The third-order valence-electron chi connectivity index (χ3n) is 5.88. The average molecular weight is 481 g/mol. The first-order chi connectivity index (χ1) is 11.5. The van der Waals surface area contributed by atoms with Gasteiger partial charge in [0, 0.05) is 26.2 Å². The lowest BCUT2D eigenvalue weighted by molar-refractivity contribution is 0.203. The molecule has 1 aliphatic carbocycles. The van der Waals surface area contributed by atoms with E-state index in [1.54, 1.807) is 0 Å². The van der Waals surface area contributed by atoms with Gasteiger partial charge in [0.2, 0.25) is 0 Å². The van der Waals surface area contributed by atoms with E-state index < -0.39 is 9.84 Å². The summed E-state index contributed by atoms with van der Waals surface area (Å²) in [6.45, 7) is 7.25. The van der Waals surface area contributed by atoms with Gasteiger partial charge in [-0.3, -0.25) is 4.99 Å². The molecule has 2 heterocycles. The molecular formula is C18H32IN3O2S. The molecule has 0 radical (unpaired) electrons. The Bertz CT molecular complexity index is 585. The lowest BCUT2D eigenvalue weighted by atomic mass is 9.73. The van der Waals surface area contributed by atoms with Gasteiger partial charge < -0.3 is 10.2 Å². The normalized spacial score (nSPS) is 27.9. The fourth-order valence-electron chi connectivity index (χ4n) is 4.49. The van der Waals surface area contributed by atoms with Crippen molar-refractivity contribution < 1.29 is 8.42 Å². The Morgan fingerprint density at radius 2 is 2.04 bits per heavy atom. The van der Waals surface area contributed by atoms with E-state index in [-0.39, 0.29) is 29.9 Å². The fourth-order valence-corrected chi connectivity index (χ4v) is 6.34. The minimum atomic E-state index is -2.82. The third-order valence-corrected chi connectivity index (χ3v) is 7.72. The molecule has 7 heteroatoms. The monoisotopic (exact) mass is 481 g/mol. The van der Waals surface area contributed by atoms with Crippen molar-refractivity contribution in [2.45, 2.75) is 44.9 Å². The van der Waals surface area contributed by atoms with E-state index in [0.29, 0.717) is 30.0 Å². The van der Waals surface area contributed by atoms with Crippen LogP contribution in [0.3, 0.4) is 0 Å². The molecule has 0 aromatic heterocycles. The van der Waals surface area contributed by atoms with Crippen LogP contribution in [0.25, 0.3) is 0 Å². The Kier molecular flexibility index (Phi) is 7.61. The summed E-state index contributed by atoms with van der Waals surface area (Å²) in [4.78, 5) is 7.18. The molecule has 0 bridgehead atoms. The predicted octanol–water partition coefficient (Wildman–Crippen LogP) is 2.83. The van der Waals surface area contributed by atoms with Gasteiger partial charge in [-0.15, -0.1) is 30.6 Å². The average Bonchev–Trinajstić information content (AvgIpc) is 3.12. The fraction of sp³-hybridized carbons (Fsp3) is 0.833. The van der Waals surface area contributed by atoms with Crippen molar-refractivity contribution in [3.05, 3.63) is 12.7 Å². The number of hydrogen-bond acceptors (Lipinski definition) is 3. The number of guanidine groups is 1. The van der Waals surface area contributed by atoms with E-state index in [4.69, 9.17) is 4.99 Å². The van der Waals surface area contributed by atoms with E-state index in [0.717, 1.165) is 25.5 Å². The lowest BCUT2D eigenvalue weighted by Crippen LogP contribution is -2.42. The van der Waals surface area contributed by atoms with Crippen LogP contribution in [0.4, 0.5) is 0 Å². The molecule has 1 saturated carbocycles. The molecule has 2 saturated heterocycles. The van der Waals surface area contributed by atoms with Crippen LogP contribution in [0.2, 0.25) is 0 Å². The third kappa shape index (κ3) is 5.58. The van der Waals surface area contributed by atoms with E-state index >= 15 is 0 Å². The molecule has 1 unspecified atom stereocenters. The van der Waals surface area contributed by atoms with Crippen molar-refractivity contribution in [2.24, 2.45) is 16.3 Å². The molecule has 3 rings (SSSR count). The largest absolute Gasteiger partial charge is 0.353 e. The number of aliphatic imine (C=N–C) groups is 1. The maximum atomic E-state index is 11.6. The van der Waals surface area contributed by atoms with Gasteiger partial charge in [-0.1, -0.05) is 25.3 Å². The summed E-state index contributed by atoms with van der Waals surface area (Å²) in [7, 11) is -2.82. The highest BCUT2D eigenvalue weighted by molar-refractivity contribution is 14.0. The van der Waals surface area contributed by atoms with Gasteiger partial charge in [-0.25, -0.2) is 8.42 Å². The summed E-state index contributed by atoms with van der Waals surface area (Å²) in [5.41, 5.74) is 0.492. The van der Waals surface area contributed by atoms with Crippen LogP contribution in [0.1, 0.15) is 44.9 Å². The maximum Gasteiger partial charge on any atom is 0.194 e. The van der Waals surface area contributed by atoms with E-state index in [1.165, 1.54) is 38.5 Å². The summed E-state index contributed by atoms with van der Waals surface area (Å²) in [6.07, 6.45) is 10.7. The van der Waals surface area contributed by atoms with Crippen LogP contribution < -0.4 is 5.32 Å². The van der Waals surface area contributed by atoms with E-state index in [9.17, 15) is 8.42 Å². The molecule has 144 valence electrons. The van der Waals surface area contributed by atoms with Crippen LogP contribution in [0, 0.1) is 11.3 Å². The Labute approximate surface area is 169 Å². The summed E-state index contributed by atoms with van der Waals surface area (Å²) in [6, 6.07) is 0. The molecule has 0 aromatic carbocycles. The van der Waals surface area contributed by atoms with Crippen molar-refractivity contribution in [3.63, 3.8) is 0 Å². The standard InChI is InChI=1S/C18H31N3O2S.HI/c1-2-10-19-17(20-13-16-6-12-24(22,23)14-16)21-11-9-18(15-21)7-4-3-5-8-18;/h2,16H,1,3-15H2,(H,19,20);1H. The number of hydrogen-bond donors (Lipinski definition) is 1. The zero-order valence-electron chi connectivity index (χ0n) is 15.1. The maximum absolute atomic E-state index is 11.6. The van der Waals surface area contributed by atoms with E-state index in [2.05, 4.69) is 16.8 Å². The highest BCUT2D eigenvalue weighted by Gasteiger charge is 2.39. The Morgan fingerprint density at radius 3 is 2.68 bits per heavy atom. The Hall–Kier alpha value is -0.310. The van der Waals surface area contributed by atoms with Gasteiger partial charge in [-0.2, -0.15) is 0 Å². The molecule has 1 atom stereocenters.